The Morgan fingerprint density at radius 1 is 1.50 bits per heavy atom. The second kappa shape index (κ2) is 7.20. The summed E-state index contributed by atoms with van der Waals surface area (Å²) in [6.07, 6.45) is 2.09. The van der Waals surface area contributed by atoms with Gasteiger partial charge in [-0.3, -0.25) is 0 Å². The van der Waals surface area contributed by atoms with Gasteiger partial charge in [0, 0.05) is 21.8 Å². The largest absolute Gasteiger partial charge is 0.492 e. The molecule has 1 atom stereocenters. The summed E-state index contributed by atoms with van der Waals surface area (Å²) in [5, 5.41) is 3.23. The lowest BCUT2D eigenvalue weighted by atomic mass is 10.1. The molecule has 1 N–H and O–H groups in total. The van der Waals surface area contributed by atoms with E-state index < -0.39 is 0 Å². The summed E-state index contributed by atoms with van der Waals surface area (Å²) >= 11 is 5.28. The zero-order valence-corrected chi connectivity index (χ0v) is 12.3. The van der Waals surface area contributed by atoms with Crippen molar-refractivity contribution in [2.45, 2.75) is 13.0 Å². The average molecular weight is 304 g/mol. The Balaban J connectivity index is 2.80. The second-order valence-corrected chi connectivity index (χ2v) is 5.44. The number of hydrogen-bond donors (Lipinski definition) is 1. The van der Waals surface area contributed by atoms with Crippen molar-refractivity contribution in [3.8, 4) is 5.75 Å². The highest BCUT2D eigenvalue weighted by Gasteiger charge is 2.10. The maximum atomic E-state index is 5.77. The third kappa shape index (κ3) is 4.00. The first-order chi connectivity index (χ1) is 7.69. The van der Waals surface area contributed by atoms with Gasteiger partial charge in [-0.15, -0.1) is 0 Å². The predicted molar refractivity (Wildman–Crippen MR) is 75.5 cm³/mol. The van der Waals surface area contributed by atoms with Gasteiger partial charge in [0.2, 0.25) is 0 Å². The fraction of sp³-hybridized carbons (Fsp3) is 0.500. The van der Waals surface area contributed by atoms with Gasteiger partial charge in [-0.25, -0.2) is 0 Å². The van der Waals surface area contributed by atoms with E-state index in [9.17, 15) is 0 Å². The van der Waals surface area contributed by atoms with Crippen molar-refractivity contribution in [2.24, 2.45) is 0 Å². The number of halogens is 1. The number of rotatable bonds is 6. The summed E-state index contributed by atoms with van der Waals surface area (Å²) in [5.41, 5.74) is 1.19. The van der Waals surface area contributed by atoms with Crippen molar-refractivity contribution in [3.05, 3.63) is 28.2 Å². The molecule has 0 spiro atoms. The number of benzene rings is 1. The topological polar surface area (TPSA) is 21.3 Å². The molecule has 0 radical (unpaired) electrons. The van der Waals surface area contributed by atoms with E-state index in [2.05, 4.69) is 40.5 Å². The van der Waals surface area contributed by atoms with Crippen LogP contribution in [0.2, 0.25) is 0 Å². The van der Waals surface area contributed by atoms with Gasteiger partial charge in [0.25, 0.3) is 0 Å². The summed E-state index contributed by atoms with van der Waals surface area (Å²) in [4.78, 5) is 0. The van der Waals surface area contributed by atoms with Crippen molar-refractivity contribution in [3.63, 3.8) is 0 Å². The first-order valence-corrected chi connectivity index (χ1v) is 7.46. The third-order valence-electron chi connectivity index (χ3n) is 2.42. The number of hydrogen-bond acceptors (Lipinski definition) is 3. The molecule has 0 aliphatic heterocycles. The molecule has 0 saturated carbocycles. The number of nitrogens with one attached hydrogen (secondary N) is 1. The van der Waals surface area contributed by atoms with Gasteiger partial charge in [-0.1, -0.05) is 15.9 Å². The minimum Gasteiger partial charge on any atom is -0.492 e. The van der Waals surface area contributed by atoms with Crippen molar-refractivity contribution >= 4 is 27.7 Å². The van der Waals surface area contributed by atoms with Crippen LogP contribution in [-0.4, -0.2) is 25.7 Å². The highest BCUT2D eigenvalue weighted by atomic mass is 79.9. The zero-order chi connectivity index (χ0) is 12.0. The van der Waals surface area contributed by atoms with Crippen LogP contribution in [0.1, 0.15) is 18.5 Å². The van der Waals surface area contributed by atoms with Gasteiger partial charge in [0.05, 0.1) is 6.61 Å². The molecule has 4 heteroatoms. The van der Waals surface area contributed by atoms with Crippen LogP contribution in [0, 0.1) is 0 Å². The Kier molecular flexibility index (Phi) is 6.24. The number of ether oxygens (including phenoxy) is 1. The monoisotopic (exact) mass is 303 g/mol. The van der Waals surface area contributed by atoms with Crippen LogP contribution in [0.15, 0.2) is 22.7 Å². The predicted octanol–water partition coefficient (Wildman–Crippen LogP) is 3.47. The highest BCUT2D eigenvalue weighted by molar-refractivity contribution is 9.10. The maximum absolute atomic E-state index is 5.77. The molecule has 1 rings (SSSR count). The van der Waals surface area contributed by atoms with Crippen LogP contribution >= 0.6 is 27.7 Å². The lowest BCUT2D eigenvalue weighted by molar-refractivity contribution is 0.337. The van der Waals surface area contributed by atoms with Crippen molar-refractivity contribution in [1.29, 1.82) is 0 Å². The smallest absolute Gasteiger partial charge is 0.124 e. The van der Waals surface area contributed by atoms with E-state index >= 15 is 0 Å². The van der Waals surface area contributed by atoms with Gasteiger partial charge in [-0.05, 0) is 38.4 Å². The molecule has 0 aromatic heterocycles. The van der Waals surface area contributed by atoms with E-state index in [1.807, 2.05) is 19.2 Å². The molecular weight excluding hydrogens is 286 g/mol. The normalized spacial score (nSPS) is 12.5. The molecule has 0 aliphatic rings. The molecule has 1 aromatic carbocycles. The lowest BCUT2D eigenvalue weighted by Gasteiger charge is -2.16. The third-order valence-corrected chi connectivity index (χ3v) is 3.48. The molecule has 0 bridgehead atoms. The minimum absolute atomic E-state index is 0.293. The Bertz CT molecular complexity index is 333. The lowest BCUT2D eigenvalue weighted by Crippen LogP contribution is -2.14. The molecule has 2 nitrogen and oxygen atoms in total. The van der Waals surface area contributed by atoms with Crippen molar-refractivity contribution in [1.82, 2.24) is 5.32 Å². The Morgan fingerprint density at radius 3 is 2.88 bits per heavy atom. The summed E-state index contributed by atoms with van der Waals surface area (Å²) < 4.78 is 6.86. The summed E-state index contributed by atoms with van der Waals surface area (Å²) in [5.74, 6) is 1.99. The van der Waals surface area contributed by atoms with E-state index in [4.69, 9.17) is 4.74 Å². The molecule has 0 saturated heterocycles. The molecule has 0 fully saturated rings. The minimum atomic E-state index is 0.293. The van der Waals surface area contributed by atoms with Crippen LogP contribution in [-0.2, 0) is 0 Å². The summed E-state index contributed by atoms with van der Waals surface area (Å²) in [7, 11) is 1.96. The van der Waals surface area contributed by atoms with Crippen LogP contribution in [0.3, 0.4) is 0 Å². The highest BCUT2D eigenvalue weighted by Crippen LogP contribution is 2.28. The van der Waals surface area contributed by atoms with Gasteiger partial charge in [0.1, 0.15) is 5.75 Å². The van der Waals surface area contributed by atoms with E-state index in [1.165, 1.54) is 5.56 Å². The van der Waals surface area contributed by atoms with Crippen molar-refractivity contribution in [2.75, 3.05) is 25.7 Å². The molecule has 0 aliphatic carbocycles. The Hall–Kier alpha value is -0.190. The van der Waals surface area contributed by atoms with E-state index in [0.29, 0.717) is 6.04 Å². The molecule has 1 aromatic rings. The Morgan fingerprint density at radius 2 is 2.25 bits per heavy atom. The van der Waals surface area contributed by atoms with Gasteiger partial charge >= 0.3 is 0 Å². The van der Waals surface area contributed by atoms with Gasteiger partial charge in [0.15, 0.2) is 0 Å². The van der Waals surface area contributed by atoms with Crippen molar-refractivity contribution < 1.29 is 4.74 Å². The molecule has 1 unspecified atom stereocenters. The van der Waals surface area contributed by atoms with Crippen LogP contribution < -0.4 is 10.1 Å². The zero-order valence-electron chi connectivity index (χ0n) is 9.92. The maximum Gasteiger partial charge on any atom is 0.124 e. The summed E-state index contributed by atoms with van der Waals surface area (Å²) in [6.45, 7) is 2.88. The Labute approximate surface area is 110 Å². The average Bonchev–Trinajstić information content (AvgIpc) is 2.30. The SMILES string of the molecule is CNC(C)c1cc(Br)ccc1OCCSC. The first-order valence-electron chi connectivity index (χ1n) is 5.27. The van der Waals surface area contributed by atoms with E-state index in [0.717, 1.165) is 22.6 Å². The quantitative estimate of drug-likeness (QED) is 0.813. The number of thioether (sulfide) groups is 1. The van der Waals surface area contributed by atoms with E-state index in [1.54, 1.807) is 11.8 Å². The van der Waals surface area contributed by atoms with Crippen LogP contribution in [0.25, 0.3) is 0 Å². The molecular formula is C12H18BrNOS. The standard InChI is InChI=1S/C12H18BrNOS/c1-9(14-2)11-8-10(13)4-5-12(11)15-6-7-16-3/h4-5,8-9,14H,6-7H2,1-3H3. The molecule has 0 amide bonds. The van der Waals surface area contributed by atoms with Gasteiger partial charge < -0.3 is 10.1 Å². The molecule has 0 heterocycles. The molecule has 16 heavy (non-hydrogen) atoms. The molecule has 90 valence electrons. The van der Waals surface area contributed by atoms with Crippen LogP contribution in [0.4, 0.5) is 0 Å². The van der Waals surface area contributed by atoms with Crippen LogP contribution in [0.5, 0.6) is 5.75 Å². The second-order valence-electron chi connectivity index (χ2n) is 3.53. The fourth-order valence-corrected chi connectivity index (χ4v) is 2.01. The van der Waals surface area contributed by atoms with E-state index in [-0.39, 0.29) is 0 Å². The first kappa shape index (κ1) is 13.9. The fourth-order valence-electron chi connectivity index (χ4n) is 1.38. The summed E-state index contributed by atoms with van der Waals surface area (Å²) in [6, 6.07) is 6.44. The van der Waals surface area contributed by atoms with Gasteiger partial charge in [-0.2, -0.15) is 11.8 Å².